The molecule has 19 heavy (non-hydrogen) atoms. The summed E-state index contributed by atoms with van der Waals surface area (Å²) in [5, 5.41) is 0. The summed E-state index contributed by atoms with van der Waals surface area (Å²) in [4.78, 5) is 15.0. The molecule has 0 N–H and O–H groups in total. The van der Waals surface area contributed by atoms with Crippen LogP contribution in [0.15, 0.2) is 0 Å². The molecule has 2 heteroatoms. The summed E-state index contributed by atoms with van der Waals surface area (Å²) in [5.74, 6) is 1.34. The van der Waals surface area contributed by atoms with Crippen molar-refractivity contribution in [2.45, 2.75) is 71.1 Å². The van der Waals surface area contributed by atoms with Gasteiger partial charge >= 0.3 is 0 Å². The van der Waals surface area contributed by atoms with Gasteiger partial charge in [-0.2, -0.15) is 0 Å². The lowest BCUT2D eigenvalue weighted by Gasteiger charge is -2.31. The second-order valence-corrected chi connectivity index (χ2v) is 9.29. The van der Waals surface area contributed by atoms with E-state index in [9.17, 15) is 4.79 Å². The molecule has 0 spiro atoms. The van der Waals surface area contributed by atoms with Crippen molar-refractivity contribution in [3.05, 3.63) is 20.9 Å². The van der Waals surface area contributed by atoms with Crippen LogP contribution >= 0.6 is 11.3 Å². The SMILES string of the molecule is CC(C)(C)c1sc(C(C)(C)C)c2c1CC1CC(=O)C21. The van der Waals surface area contributed by atoms with Crippen LogP contribution in [0.3, 0.4) is 0 Å². The van der Waals surface area contributed by atoms with Crippen LogP contribution in [-0.2, 0) is 22.0 Å². The van der Waals surface area contributed by atoms with Crippen LogP contribution in [0.4, 0.5) is 0 Å². The van der Waals surface area contributed by atoms with E-state index in [0.717, 1.165) is 12.8 Å². The van der Waals surface area contributed by atoms with E-state index < -0.39 is 0 Å². The molecule has 1 nitrogen and oxygen atoms in total. The van der Waals surface area contributed by atoms with Crippen molar-refractivity contribution in [1.29, 1.82) is 0 Å². The standard InChI is InChI=1S/C17H24OS/c1-16(2,3)14-10-7-9-8-11(18)12(9)13(10)15(19-14)17(4,5)6/h9,12H,7-8H2,1-6H3. The first kappa shape index (κ1) is 13.4. The first-order valence-corrected chi connectivity index (χ1v) is 8.11. The van der Waals surface area contributed by atoms with E-state index in [1.165, 1.54) is 20.9 Å². The Balaban J connectivity index is 2.21. The summed E-state index contributed by atoms with van der Waals surface area (Å²) in [5.41, 5.74) is 3.32. The number of carbonyl (C=O) groups is 1. The number of fused-ring (bicyclic) bond motifs is 3. The fraction of sp³-hybridized carbons (Fsp3) is 0.706. The van der Waals surface area contributed by atoms with E-state index in [-0.39, 0.29) is 16.7 Å². The molecule has 1 saturated carbocycles. The minimum atomic E-state index is 0.156. The first-order chi connectivity index (χ1) is 8.60. The molecule has 2 atom stereocenters. The molecule has 1 fully saturated rings. The maximum atomic E-state index is 12.0. The third kappa shape index (κ3) is 1.83. The molecular weight excluding hydrogens is 252 g/mol. The zero-order valence-electron chi connectivity index (χ0n) is 12.9. The number of thiophene rings is 1. The molecule has 2 aliphatic carbocycles. The van der Waals surface area contributed by atoms with Gasteiger partial charge in [-0.05, 0) is 34.3 Å². The Morgan fingerprint density at radius 1 is 0.947 bits per heavy atom. The normalized spacial score (nSPS) is 26.1. The average Bonchev–Trinajstić information content (AvgIpc) is 2.66. The second kappa shape index (κ2) is 3.72. The molecule has 2 unspecified atom stereocenters. The monoisotopic (exact) mass is 276 g/mol. The Morgan fingerprint density at radius 3 is 2.00 bits per heavy atom. The molecule has 0 bridgehead atoms. The highest BCUT2D eigenvalue weighted by molar-refractivity contribution is 7.12. The first-order valence-electron chi connectivity index (χ1n) is 7.30. The highest BCUT2D eigenvalue weighted by atomic mass is 32.1. The molecule has 1 heterocycles. The topological polar surface area (TPSA) is 17.1 Å². The Labute approximate surface area is 120 Å². The van der Waals surface area contributed by atoms with Gasteiger partial charge in [0.15, 0.2) is 0 Å². The molecule has 0 aromatic carbocycles. The fourth-order valence-corrected chi connectivity index (χ4v) is 5.12. The summed E-state index contributed by atoms with van der Waals surface area (Å²) in [7, 11) is 0. The van der Waals surface area contributed by atoms with Gasteiger partial charge in [0, 0.05) is 22.1 Å². The van der Waals surface area contributed by atoms with E-state index in [4.69, 9.17) is 0 Å². The molecule has 0 saturated heterocycles. The van der Waals surface area contributed by atoms with Gasteiger partial charge in [-0.3, -0.25) is 4.79 Å². The molecule has 2 aliphatic rings. The predicted octanol–water partition coefficient (Wildman–Crippen LogP) is 4.57. The molecule has 0 radical (unpaired) electrons. The van der Waals surface area contributed by atoms with Crippen LogP contribution in [0, 0.1) is 5.92 Å². The minimum Gasteiger partial charge on any atom is -0.299 e. The molecule has 3 rings (SSSR count). The van der Waals surface area contributed by atoms with Crippen LogP contribution in [-0.4, -0.2) is 5.78 Å². The lowest BCUT2D eigenvalue weighted by molar-refractivity contribution is -0.128. The van der Waals surface area contributed by atoms with Gasteiger partial charge in [0.2, 0.25) is 0 Å². The van der Waals surface area contributed by atoms with Crippen LogP contribution < -0.4 is 0 Å². The van der Waals surface area contributed by atoms with Crippen LogP contribution in [0.5, 0.6) is 0 Å². The number of rotatable bonds is 0. The van der Waals surface area contributed by atoms with Gasteiger partial charge in [0.25, 0.3) is 0 Å². The number of Topliss-reactive ketones (excluding diaryl/α,β-unsaturated/α-hetero) is 1. The van der Waals surface area contributed by atoms with Crippen molar-refractivity contribution in [2.24, 2.45) is 5.92 Å². The van der Waals surface area contributed by atoms with Crippen LogP contribution in [0.2, 0.25) is 0 Å². The van der Waals surface area contributed by atoms with E-state index in [1.54, 1.807) is 0 Å². The van der Waals surface area contributed by atoms with Gasteiger partial charge < -0.3 is 0 Å². The maximum absolute atomic E-state index is 12.0. The van der Waals surface area contributed by atoms with Gasteiger partial charge in [-0.1, -0.05) is 41.5 Å². The van der Waals surface area contributed by atoms with E-state index in [2.05, 4.69) is 41.5 Å². The average molecular weight is 276 g/mol. The Hall–Kier alpha value is -0.630. The highest BCUT2D eigenvalue weighted by Crippen LogP contribution is 2.57. The van der Waals surface area contributed by atoms with Gasteiger partial charge in [0.1, 0.15) is 5.78 Å². The van der Waals surface area contributed by atoms with Crippen molar-refractivity contribution >= 4 is 17.1 Å². The second-order valence-electron chi connectivity index (χ2n) is 8.26. The molecule has 104 valence electrons. The molecule has 0 aliphatic heterocycles. The third-order valence-electron chi connectivity index (χ3n) is 4.47. The number of hydrogen-bond donors (Lipinski definition) is 0. The lowest BCUT2D eigenvalue weighted by Crippen LogP contribution is -2.32. The summed E-state index contributed by atoms with van der Waals surface area (Å²) < 4.78 is 0. The molecule has 1 aromatic heterocycles. The summed E-state index contributed by atoms with van der Waals surface area (Å²) in [6, 6.07) is 0. The van der Waals surface area contributed by atoms with Crippen molar-refractivity contribution in [2.75, 3.05) is 0 Å². The highest BCUT2D eigenvalue weighted by Gasteiger charge is 2.51. The van der Waals surface area contributed by atoms with Crippen molar-refractivity contribution in [3.63, 3.8) is 0 Å². The molecular formula is C17H24OS. The quantitative estimate of drug-likeness (QED) is 0.678. The van der Waals surface area contributed by atoms with Gasteiger partial charge in [0.05, 0.1) is 0 Å². The third-order valence-corrected chi connectivity index (χ3v) is 6.57. The predicted molar refractivity (Wildman–Crippen MR) is 81.3 cm³/mol. The lowest BCUT2D eigenvalue weighted by atomic mass is 9.71. The zero-order valence-corrected chi connectivity index (χ0v) is 13.7. The zero-order chi connectivity index (χ0) is 14.2. The summed E-state index contributed by atoms with van der Waals surface area (Å²) in [6.45, 7) is 13.7. The Kier molecular flexibility index (Phi) is 2.62. The Bertz CT molecular complexity index is 551. The maximum Gasteiger partial charge on any atom is 0.141 e. The van der Waals surface area contributed by atoms with Gasteiger partial charge in [-0.15, -0.1) is 11.3 Å². The van der Waals surface area contributed by atoms with Gasteiger partial charge in [-0.25, -0.2) is 0 Å². The number of hydrogen-bond acceptors (Lipinski definition) is 2. The smallest absolute Gasteiger partial charge is 0.141 e. The van der Waals surface area contributed by atoms with E-state index >= 15 is 0 Å². The number of carbonyl (C=O) groups excluding carboxylic acids is 1. The van der Waals surface area contributed by atoms with Crippen molar-refractivity contribution in [1.82, 2.24) is 0 Å². The number of ketones is 1. The van der Waals surface area contributed by atoms with Crippen LogP contribution in [0.1, 0.15) is 74.8 Å². The van der Waals surface area contributed by atoms with Crippen molar-refractivity contribution < 1.29 is 4.79 Å². The Morgan fingerprint density at radius 2 is 1.53 bits per heavy atom. The van der Waals surface area contributed by atoms with Crippen LogP contribution in [0.25, 0.3) is 0 Å². The van der Waals surface area contributed by atoms with Crippen molar-refractivity contribution in [3.8, 4) is 0 Å². The molecule has 0 amide bonds. The largest absolute Gasteiger partial charge is 0.299 e. The summed E-state index contributed by atoms with van der Waals surface area (Å²) >= 11 is 1.97. The molecule has 1 aromatic rings. The summed E-state index contributed by atoms with van der Waals surface area (Å²) in [6.07, 6.45) is 1.96. The van der Waals surface area contributed by atoms with E-state index in [1.807, 2.05) is 11.3 Å². The van der Waals surface area contributed by atoms with E-state index in [0.29, 0.717) is 11.7 Å². The fourth-order valence-electron chi connectivity index (χ4n) is 3.63. The minimum absolute atomic E-state index is 0.156.